The molecule has 2 aromatic heterocycles. The van der Waals surface area contributed by atoms with E-state index in [0.29, 0.717) is 11.6 Å². The molecule has 0 aliphatic carbocycles. The first-order chi connectivity index (χ1) is 7.28. The first-order valence-electron chi connectivity index (χ1n) is 4.05. The summed E-state index contributed by atoms with van der Waals surface area (Å²) in [7, 11) is 0. The van der Waals surface area contributed by atoms with Crippen LogP contribution in [0.25, 0.3) is 0 Å². The van der Waals surface area contributed by atoms with Crippen molar-refractivity contribution in [1.82, 2.24) is 19.3 Å². The molecule has 0 aliphatic heterocycles. The van der Waals surface area contributed by atoms with Crippen molar-refractivity contribution in [3.8, 4) is 0 Å². The molecule has 6 nitrogen and oxygen atoms in total. The summed E-state index contributed by atoms with van der Waals surface area (Å²) in [6.45, 7) is 1.81. The smallest absolute Gasteiger partial charge is 0.175 e. The summed E-state index contributed by atoms with van der Waals surface area (Å²) in [5, 5.41) is 0.798. The Bertz CT molecular complexity index is 443. The number of nitrogen functional groups attached to an aromatic ring is 1. The van der Waals surface area contributed by atoms with Gasteiger partial charge in [0.2, 0.25) is 0 Å². The van der Waals surface area contributed by atoms with E-state index < -0.39 is 0 Å². The highest BCUT2D eigenvalue weighted by atomic mass is 32.2. The molecule has 0 aromatic carbocycles. The Labute approximate surface area is 94.5 Å². The number of anilines is 1. The third-order valence-electron chi connectivity index (χ3n) is 1.50. The molecule has 15 heavy (non-hydrogen) atoms. The van der Waals surface area contributed by atoms with Gasteiger partial charge in [-0.25, -0.2) is 20.8 Å². The molecular formula is C7H8N6S2. The Balaban J connectivity index is 2.24. The van der Waals surface area contributed by atoms with Crippen LogP contribution in [-0.2, 0) is 0 Å². The zero-order valence-corrected chi connectivity index (χ0v) is 9.47. The van der Waals surface area contributed by atoms with Crippen LogP contribution >= 0.6 is 23.3 Å². The summed E-state index contributed by atoms with van der Waals surface area (Å²) < 4.78 is 4.75. The Morgan fingerprint density at radius 1 is 1.47 bits per heavy atom. The van der Waals surface area contributed by atoms with E-state index in [9.17, 15) is 0 Å². The largest absolute Gasteiger partial charge is 0.308 e. The number of rotatable bonds is 3. The van der Waals surface area contributed by atoms with Crippen molar-refractivity contribution in [2.45, 2.75) is 16.3 Å². The molecule has 3 N–H and O–H groups in total. The van der Waals surface area contributed by atoms with Gasteiger partial charge in [-0.2, -0.15) is 4.37 Å². The highest BCUT2D eigenvalue weighted by molar-refractivity contribution is 8.00. The molecule has 0 bridgehead atoms. The van der Waals surface area contributed by atoms with Crippen LogP contribution in [0.1, 0.15) is 5.82 Å². The molecule has 0 fully saturated rings. The Kier molecular flexibility index (Phi) is 3.09. The minimum Gasteiger partial charge on any atom is -0.308 e. The second-order valence-corrected chi connectivity index (χ2v) is 4.64. The van der Waals surface area contributed by atoms with Gasteiger partial charge in [0.1, 0.15) is 23.0 Å². The lowest BCUT2D eigenvalue weighted by Gasteiger charge is -2.02. The first-order valence-corrected chi connectivity index (χ1v) is 5.64. The summed E-state index contributed by atoms with van der Waals surface area (Å²) in [6.07, 6.45) is 1.52. The average molecular weight is 240 g/mol. The number of hydrogen-bond donors (Lipinski definition) is 2. The molecule has 0 amide bonds. The van der Waals surface area contributed by atoms with Gasteiger partial charge in [0, 0.05) is 6.07 Å². The van der Waals surface area contributed by atoms with Crippen molar-refractivity contribution >= 4 is 29.1 Å². The molecule has 78 valence electrons. The van der Waals surface area contributed by atoms with Gasteiger partial charge in [-0.15, -0.1) is 0 Å². The fraction of sp³-hybridized carbons (Fsp3) is 0.143. The van der Waals surface area contributed by atoms with Crippen molar-refractivity contribution in [3.63, 3.8) is 0 Å². The summed E-state index contributed by atoms with van der Waals surface area (Å²) >= 11 is 2.76. The van der Waals surface area contributed by atoms with E-state index in [4.69, 9.17) is 5.84 Å². The van der Waals surface area contributed by atoms with E-state index >= 15 is 0 Å². The number of hydrazine groups is 1. The van der Waals surface area contributed by atoms with E-state index in [1.54, 1.807) is 6.07 Å². The molecular weight excluding hydrogens is 232 g/mol. The van der Waals surface area contributed by atoms with Crippen LogP contribution in [0.5, 0.6) is 0 Å². The number of nitrogens with one attached hydrogen (secondary N) is 1. The molecule has 0 unspecified atom stereocenters. The van der Waals surface area contributed by atoms with Gasteiger partial charge in [-0.05, 0) is 30.2 Å². The molecule has 0 aliphatic rings. The van der Waals surface area contributed by atoms with E-state index in [0.717, 1.165) is 9.37 Å². The number of hydrogen-bond acceptors (Lipinski definition) is 8. The predicted molar refractivity (Wildman–Crippen MR) is 58.6 cm³/mol. The van der Waals surface area contributed by atoms with Crippen LogP contribution in [0.4, 0.5) is 5.82 Å². The van der Waals surface area contributed by atoms with Crippen LogP contribution in [0.2, 0.25) is 0 Å². The van der Waals surface area contributed by atoms with Crippen LogP contribution in [0.15, 0.2) is 21.8 Å². The summed E-state index contributed by atoms with van der Waals surface area (Å²) in [5.41, 5.74) is 2.49. The zero-order chi connectivity index (χ0) is 10.7. The second-order valence-electron chi connectivity index (χ2n) is 2.59. The minimum atomic E-state index is 0.592. The second kappa shape index (κ2) is 4.51. The van der Waals surface area contributed by atoms with Crippen LogP contribution in [0, 0.1) is 6.92 Å². The normalized spacial score (nSPS) is 10.3. The maximum Gasteiger partial charge on any atom is 0.175 e. The van der Waals surface area contributed by atoms with Gasteiger partial charge < -0.3 is 5.43 Å². The fourth-order valence-corrected chi connectivity index (χ4v) is 2.40. The fourth-order valence-electron chi connectivity index (χ4n) is 0.964. The number of aryl methyl sites for hydroxylation is 1. The number of nitrogens with two attached hydrogens (primary N) is 1. The van der Waals surface area contributed by atoms with Gasteiger partial charge in [0.05, 0.1) is 0 Å². The van der Waals surface area contributed by atoms with Gasteiger partial charge >= 0.3 is 0 Å². The summed E-state index contributed by atoms with van der Waals surface area (Å²) in [5.74, 6) is 6.54. The third kappa shape index (κ3) is 2.61. The van der Waals surface area contributed by atoms with Crippen LogP contribution in [0.3, 0.4) is 0 Å². The third-order valence-corrected chi connectivity index (χ3v) is 3.13. The molecule has 2 rings (SSSR count). The van der Waals surface area contributed by atoms with Crippen LogP contribution in [-0.4, -0.2) is 19.3 Å². The van der Waals surface area contributed by atoms with E-state index in [1.165, 1.54) is 29.6 Å². The lowest BCUT2D eigenvalue weighted by atomic mass is 10.5. The van der Waals surface area contributed by atoms with Crippen molar-refractivity contribution in [2.24, 2.45) is 5.84 Å². The maximum atomic E-state index is 5.29. The Hall–Kier alpha value is -1.25. The molecule has 2 aromatic rings. The molecule has 0 saturated carbocycles. The van der Waals surface area contributed by atoms with Crippen molar-refractivity contribution in [2.75, 3.05) is 5.43 Å². The molecule has 0 radical (unpaired) electrons. The van der Waals surface area contributed by atoms with Gasteiger partial charge in [0.15, 0.2) is 4.34 Å². The zero-order valence-electron chi connectivity index (χ0n) is 7.84. The summed E-state index contributed by atoms with van der Waals surface area (Å²) in [6, 6.07) is 1.76. The number of aromatic nitrogens is 4. The molecule has 2 heterocycles. The highest BCUT2D eigenvalue weighted by Gasteiger charge is 2.05. The van der Waals surface area contributed by atoms with Crippen molar-refractivity contribution in [1.29, 1.82) is 0 Å². The standard InChI is InChI=1S/C7H8N6S2/c1-4-11-5(13-8)2-6(12-4)14-7-9-3-10-15-7/h2-3H,8H2,1H3,(H,11,12,13). The highest BCUT2D eigenvalue weighted by Crippen LogP contribution is 2.27. The topological polar surface area (TPSA) is 89.6 Å². The van der Waals surface area contributed by atoms with Gasteiger partial charge in [-0.1, -0.05) is 0 Å². The predicted octanol–water partition coefficient (Wildman–Crippen LogP) is 1.07. The molecule has 0 atom stereocenters. The van der Waals surface area contributed by atoms with Crippen LogP contribution < -0.4 is 11.3 Å². The maximum absolute atomic E-state index is 5.29. The Morgan fingerprint density at radius 3 is 3.00 bits per heavy atom. The molecule has 8 heteroatoms. The van der Waals surface area contributed by atoms with Crippen molar-refractivity contribution in [3.05, 3.63) is 18.2 Å². The lowest BCUT2D eigenvalue weighted by Crippen LogP contribution is -2.09. The number of nitrogens with zero attached hydrogens (tertiary/aromatic N) is 4. The average Bonchev–Trinajstić information content (AvgIpc) is 2.69. The Morgan fingerprint density at radius 2 is 2.33 bits per heavy atom. The monoisotopic (exact) mass is 240 g/mol. The van der Waals surface area contributed by atoms with E-state index in [1.807, 2.05) is 6.92 Å². The van der Waals surface area contributed by atoms with E-state index in [-0.39, 0.29) is 0 Å². The van der Waals surface area contributed by atoms with Crippen molar-refractivity contribution < 1.29 is 0 Å². The van der Waals surface area contributed by atoms with E-state index in [2.05, 4.69) is 24.8 Å². The van der Waals surface area contributed by atoms with Gasteiger partial charge in [0.25, 0.3) is 0 Å². The SMILES string of the molecule is Cc1nc(NN)cc(Sc2ncns2)n1. The quantitative estimate of drug-likeness (QED) is 0.471. The van der Waals surface area contributed by atoms with Gasteiger partial charge in [-0.3, -0.25) is 0 Å². The first kappa shape index (κ1) is 10.3. The summed E-state index contributed by atoms with van der Waals surface area (Å²) in [4.78, 5) is 12.4. The molecule has 0 saturated heterocycles. The minimum absolute atomic E-state index is 0.592. The molecule has 0 spiro atoms. The lowest BCUT2D eigenvalue weighted by molar-refractivity contribution is 0.963.